The van der Waals surface area contributed by atoms with Crippen LogP contribution in [0.4, 0.5) is 11.4 Å². The fraction of sp³-hybridized carbons (Fsp3) is 0.148. The number of aromatic carboxylic acids is 1. The van der Waals surface area contributed by atoms with Gasteiger partial charge in [0.2, 0.25) is 5.91 Å². The van der Waals surface area contributed by atoms with Gasteiger partial charge in [-0.25, -0.2) is 4.79 Å². The zero-order valence-corrected chi connectivity index (χ0v) is 20.2. The van der Waals surface area contributed by atoms with E-state index in [1.165, 1.54) is 25.1 Å². The van der Waals surface area contributed by atoms with Gasteiger partial charge in [0.05, 0.1) is 34.9 Å². The minimum absolute atomic E-state index is 0.0178. The Labute approximate surface area is 211 Å². The fourth-order valence-electron chi connectivity index (χ4n) is 3.94. The maximum Gasteiger partial charge on any atom is 0.337 e. The van der Waals surface area contributed by atoms with E-state index in [2.05, 4.69) is 15.8 Å². The number of nitriles is 1. The second-order valence-corrected chi connectivity index (χ2v) is 8.15. The third-order valence-corrected chi connectivity index (χ3v) is 5.55. The average Bonchev–Trinajstić information content (AvgIpc) is 3.26. The molecule has 0 aliphatic heterocycles. The number of carboxylic acid groups (broad SMARTS) is 1. The van der Waals surface area contributed by atoms with Crippen LogP contribution < -0.4 is 15.4 Å². The number of aromatic nitrogens is 1. The van der Waals surface area contributed by atoms with Crippen LogP contribution in [0.15, 0.2) is 53.1 Å². The SMILES string of the molecule is CCOc1cc2c(C(=O)Nc3ccc(C#N)cc3C(=O)O)noc2cc1-c1ccc(NC(C)=O)cc1C. The lowest BCUT2D eigenvalue weighted by atomic mass is 9.97. The maximum absolute atomic E-state index is 13.1. The zero-order valence-electron chi connectivity index (χ0n) is 20.2. The number of ether oxygens (including phenoxy) is 1. The van der Waals surface area contributed by atoms with Gasteiger partial charge in [-0.2, -0.15) is 5.26 Å². The first kappa shape index (κ1) is 24.9. The molecule has 0 bridgehead atoms. The number of fused-ring (bicyclic) bond motifs is 1. The van der Waals surface area contributed by atoms with Gasteiger partial charge in [0.25, 0.3) is 5.91 Å². The first-order valence-electron chi connectivity index (χ1n) is 11.3. The predicted octanol–water partition coefficient (Wildman–Crippen LogP) is 4.98. The topological polar surface area (TPSA) is 155 Å². The summed E-state index contributed by atoms with van der Waals surface area (Å²) in [4.78, 5) is 36.1. The Kier molecular flexibility index (Phi) is 6.88. The Morgan fingerprint density at radius 1 is 1.08 bits per heavy atom. The van der Waals surface area contributed by atoms with Crippen molar-refractivity contribution < 1.29 is 28.8 Å². The van der Waals surface area contributed by atoms with E-state index in [9.17, 15) is 19.5 Å². The van der Waals surface area contributed by atoms with Gasteiger partial charge in [0.1, 0.15) is 5.75 Å². The molecular weight excluding hydrogens is 476 g/mol. The van der Waals surface area contributed by atoms with Gasteiger partial charge in [-0.15, -0.1) is 0 Å². The predicted molar refractivity (Wildman–Crippen MR) is 136 cm³/mol. The molecule has 1 aromatic heterocycles. The molecule has 0 spiro atoms. The molecule has 4 rings (SSSR count). The summed E-state index contributed by atoms with van der Waals surface area (Å²) in [6, 6.07) is 14.6. The molecule has 0 aliphatic carbocycles. The van der Waals surface area contributed by atoms with Crippen molar-refractivity contribution in [3.63, 3.8) is 0 Å². The van der Waals surface area contributed by atoms with E-state index in [0.29, 0.717) is 34.6 Å². The van der Waals surface area contributed by atoms with Gasteiger partial charge < -0.3 is 25.0 Å². The van der Waals surface area contributed by atoms with E-state index in [4.69, 9.17) is 14.5 Å². The summed E-state index contributed by atoms with van der Waals surface area (Å²) in [5.74, 6) is -1.66. The summed E-state index contributed by atoms with van der Waals surface area (Å²) in [5, 5.41) is 28.1. The minimum Gasteiger partial charge on any atom is -0.493 e. The van der Waals surface area contributed by atoms with Crippen LogP contribution in [0.2, 0.25) is 0 Å². The molecule has 0 saturated heterocycles. The van der Waals surface area contributed by atoms with E-state index in [-0.39, 0.29) is 28.4 Å². The lowest BCUT2D eigenvalue weighted by Gasteiger charge is -2.14. The molecule has 10 nitrogen and oxygen atoms in total. The highest BCUT2D eigenvalue weighted by molar-refractivity contribution is 6.13. The number of nitrogens with one attached hydrogen (secondary N) is 2. The number of aryl methyl sites for hydroxylation is 1. The van der Waals surface area contributed by atoms with Crippen molar-refractivity contribution in [2.45, 2.75) is 20.8 Å². The smallest absolute Gasteiger partial charge is 0.337 e. The molecule has 1 heterocycles. The number of carboxylic acids is 1. The van der Waals surface area contributed by atoms with Crippen molar-refractivity contribution in [1.29, 1.82) is 5.26 Å². The van der Waals surface area contributed by atoms with Gasteiger partial charge in [-0.05, 0) is 67.4 Å². The van der Waals surface area contributed by atoms with Crippen LogP contribution in [0.5, 0.6) is 5.75 Å². The summed E-state index contributed by atoms with van der Waals surface area (Å²) >= 11 is 0. The quantitative estimate of drug-likeness (QED) is 0.322. The number of nitrogens with zero attached hydrogens (tertiary/aromatic N) is 2. The standard InChI is InChI=1S/C27H22N4O6/c1-4-36-23-12-21-24(11-19(23)18-7-6-17(9-14(18)2)29-15(3)32)37-31-25(21)26(33)30-22-8-5-16(13-28)10-20(22)27(34)35/h5-12H,4H2,1-3H3,(H,29,32)(H,30,33)(H,34,35). The molecule has 10 heteroatoms. The molecule has 0 aliphatic rings. The van der Waals surface area contributed by atoms with Crippen molar-refractivity contribution in [3.05, 3.63) is 70.9 Å². The summed E-state index contributed by atoms with van der Waals surface area (Å²) in [6.45, 7) is 5.53. The van der Waals surface area contributed by atoms with Gasteiger partial charge in [-0.1, -0.05) is 11.2 Å². The summed E-state index contributed by atoms with van der Waals surface area (Å²) in [6.07, 6.45) is 0. The van der Waals surface area contributed by atoms with Gasteiger partial charge in [-0.3, -0.25) is 9.59 Å². The molecule has 0 unspecified atom stereocenters. The van der Waals surface area contributed by atoms with Crippen molar-refractivity contribution in [3.8, 4) is 22.9 Å². The minimum atomic E-state index is -1.29. The van der Waals surface area contributed by atoms with Crippen molar-refractivity contribution >= 4 is 40.1 Å². The van der Waals surface area contributed by atoms with Crippen LogP contribution in [0.25, 0.3) is 22.1 Å². The van der Waals surface area contributed by atoms with Gasteiger partial charge in [0, 0.05) is 18.2 Å². The van der Waals surface area contributed by atoms with Crippen LogP contribution in [0, 0.1) is 18.3 Å². The third-order valence-electron chi connectivity index (χ3n) is 5.55. The van der Waals surface area contributed by atoms with Gasteiger partial charge >= 0.3 is 5.97 Å². The van der Waals surface area contributed by atoms with Crippen LogP contribution in [0.1, 0.15) is 45.8 Å². The monoisotopic (exact) mass is 498 g/mol. The van der Waals surface area contributed by atoms with Crippen LogP contribution >= 0.6 is 0 Å². The average molecular weight is 498 g/mol. The molecule has 0 radical (unpaired) electrons. The summed E-state index contributed by atoms with van der Waals surface area (Å²) in [7, 11) is 0. The second kappa shape index (κ2) is 10.2. The molecule has 0 saturated carbocycles. The van der Waals surface area contributed by atoms with E-state index in [1.807, 2.05) is 32.0 Å². The highest BCUT2D eigenvalue weighted by Gasteiger charge is 2.22. The molecule has 3 N–H and O–H groups in total. The Morgan fingerprint density at radius 2 is 1.86 bits per heavy atom. The summed E-state index contributed by atoms with van der Waals surface area (Å²) in [5.41, 5.74) is 3.31. The number of carbonyl (C=O) groups is 3. The molecular formula is C27H22N4O6. The van der Waals surface area contributed by atoms with Crippen LogP contribution in [0.3, 0.4) is 0 Å². The third kappa shape index (κ3) is 5.11. The Bertz CT molecular complexity index is 1600. The molecule has 4 aromatic rings. The molecule has 0 fully saturated rings. The number of rotatable bonds is 7. The molecule has 0 atom stereocenters. The number of amides is 2. The highest BCUT2D eigenvalue weighted by Crippen LogP contribution is 2.38. The van der Waals surface area contributed by atoms with E-state index in [0.717, 1.165) is 11.1 Å². The normalized spacial score (nSPS) is 10.5. The van der Waals surface area contributed by atoms with E-state index in [1.54, 1.807) is 18.2 Å². The lowest BCUT2D eigenvalue weighted by molar-refractivity contribution is -0.114. The van der Waals surface area contributed by atoms with Crippen LogP contribution in [-0.2, 0) is 4.79 Å². The number of hydrogen-bond donors (Lipinski definition) is 3. The molecule has 3 aromatic carbocycles. The largest absolute Gasteiger partial charge is 0.493 e. The fourth-order valence-corrected chi connectivity index (χ4v) is 3.94. The number of carbonyl (C=O) groups excluding carboxylic acids is 2. The highest BCUT2D eigenvalue weighted by atomic mass is 16.5. The Hall–Kier alpha value is -5.17. The number of hydrogen-bond acceptors (Lipinski definition) is 7. The Morgan fingerprint density at radius 3 is 2.51 bits per heavy atom. The number of benzene rings is 3. The first-order valence-corrected chi connectivity index (χ1v) is 11.3. The van der Waals surface area contributed by atoms with Crippen molar-refractivity contribution in [2.75, 3.05) is 17.2 Å². The van der Waals surface area contributed by atoms with E-state index >= 15 is 0 Å². The first-order chi connectivity index (χ1) is 17.7. The van der Waals surface area contributed by atoms with Crippen LogP contribution in [-0.4, -0.2) is 34.7 Å². The van der Waals surface area contributed by atoms with Crippen molar-refractivity contribution in [2.24, 2.45) is 0 Å². The maximum atomic E-state index is 13.1. The number of anilines is 2. The summed E-state index contributed by atoms with van der Waals surface area (Å²) < 4.78 is 11.3. The molecule has 2 amide bonds. The molecule has 186 valence electrons. The van der Waals surface area contributed by atoms with Crippen molar-refractivity contribution in [1.82, 2.24) is 5.16 Å². The second-order valence-electron chi connectivity index (χ2n) is 8.15. The van der Waals surface area contributed by atoms with Gasteiger partial charge in [0.15, 0.2) is 11.3 Å². The molecule has 37 heavy (non-hydrogen) atoms. The lowest BCUT2D eigenvalue weighted by Crippen LogP contribution is -2.15. The Balaban J connectivity index is 1.74. The zero-order chi connectivity index (χ0) is 26.7. The van der Waals surface area contributed by atoms with E-state index < -0.39 is 11.9 Å².